The number of amides is 1. The van der Waals surface area contributed by atoms with Crippen molar-refractivity contribution < 1.29 is 19.2 Å². The third-order valence-corrected chi connectivity index (χ3v) is 3.23. The van der Waals surface area contributed by atoms with Crippen LogP contribution in [0.4, 0.5) is 0 Å². The largest absolute Gasteiger partial charge is 0.497 e. The molecule has 1 heterocycles. The van der Waals surface area contributed by atoms with Gasteiger partial charge in [0.1, 0.15) is 11.5 Å². The number of ether oxygens (including phenoxy) is 1. The molecule has 0 bridgehead atoms. The summed E-state index contributed by atoms with van der Waals surface area (Å²) in [6.07, 6.45) is 0.412. The molecular formula is C16H20N2O4. The Balaban J connectivity index is 1.91. The van der Waals surface area contributed by atoms with Gasteiger partial charge in [0.15, 0.2) is 5.69 Å². The predicted octanol–water partition coefficient (Wildman–Crippen LogP) is 1.72. The smallest absolute Gasteiger partial charge is 0.273 e. The third-order valence-electron chi connectivity index (χ3n) is 3.23. The monoisotopic (exact) mass is 304 g/mol. The van der Waals surface area contributed by atoms with Gasteiger partial charge < -0.3 is 19.7 Å². The lowest BCUT2D eigenvalue weighted by Gasteiger charge is -2.23. The molecule has 1 aromatic heterocycles. The number of rotatable bonds is 6. The molecule has 0 fully saturated rings. The first-order valence-electron chi connectivity index (χ1n) is 6.96. The summed E-state index contributed by atoms with van der Waals surface area (Å²) in [7, 11) is 1.60. The van der Waals surface area contributed by atoms with E-state index in [1.54, 1.807) is 27.0 Å². The van der Waals surface area contributed by atoms with Crippen LogP contribution in [-0.4, -0.2) is 35.4 Å². The van der Waals surface area contributed by atoms with Crippen molar-refractivity contribution in [3.8, 4) is 5.75 Å². The zero-order chi connectivity index (χ0) is 16.2. The lowest BCUT2D eigenvalue weighted by atomic mass is 9.96. The fourth-order valence-electron chi connectivity index (χ4n) is 2.08. The summed E-state index contributed by atoms with van der Waals surface area (Å²) < 4.78 is 9.94. The van der Waals surface area contributed by atoms with E-state index in [2.05, 4.69) is 10.5 Å². The first-order chi connectivity index (χ1) is 10.4. The van der Waals surface area contributed by atoms with Gasteiger partial charge >= 0.3 is 0 Å². The molecule has 0 spiro atoms. The van der Waals surface area contributed by atoms with Crippen LogP contribution >= 0.6 is 0 Å². The molecule has 6 heteroatoms. The zero-order valence-corrected chi connectivity index (χ0v) is 12.9. The van der Waals surface area contributed by atoms with Crippen LogP contribution < -0.4 is 10.1 Å². The highest BCUT2D eigenvalue weighted by Crippen LogP contribution is 2.16. The molecule has 0 aliphatic rings. The van der Waals surface area contributed by atoms with Crippen LogP contribution in [0, 0.1) is 6.92 Å². The van der Waals surface area contributed by atoms with Crippen LogP contribution in [0.3, 0.4) is 0 Å². The molecule has 6 nitrogen and oxygen atoms in total. The van der Waals surface area contributed by atoms with Gasteiger partial charge in [0.05, 0.1) is 12.7 Å². The summed E-state index contributed by atoms with van der Waals surface area (Å²) in [5.41, 5.74) is 0.0957. The van der Waals surface area contributed by atoms with Crippen LogP contribution in [0.1, 0.15) is 28.7 Å². The van der Waals surface area contributed by atoms with Crippen molar-refractivity contribution in [2.24, 2.45) is 0 Å². The van der Waals surface area contributed by atoms with Crippen LogP contribution in [0.5, 0.6) is 5.75 Å². The lowest BCUT2D eigenvalue weighted by molar-refractivity contribution is 0.0550. The molecule has 1 amide bonds. The van der Waals surface area contributed by atoms with Crippen molar-refractivity contribution in [3.63, 3.8) is 0 Å². The second kappa shape index (κ2) is 6.62. The Morgan fingerprint density at radius 3 is 2.64 bits per heavy atom. The first-order valence-corrected chi connectivity index (χ1v) is 6.96. The molecule has 0 saturated carbocycles. The van der Waals surface area contributed by atoms with Crippen LogP contribution in [-0.2, 0) is 6.42 Å². The Hall–Kier alpha value is -2.34. The minimum atomic E-state index is -1.07. The number of aryl methyl sites for hydroxylation is 1. The molecule has 1 unspecified atom stereocenters. The molecule has 2 rings (SSSR count). The normalized spacial score (nSPS) is 13.5. The van der Waals surface area contributed by atoms with Gasteiger partial charge in [0, 0.05) is 19.0 Å². The number of aliphatic hydroxyl groups is 1. The Morgan fingerprint density at radius 2 is 2.09 bits per heavy atom. The Kier molecular flexibility index (Phi) is 4.82. The molecule has 0 aliphatic carbocycles. The van der Waals surface area contributed by atoms with Crippen molar-refractivity contribution in [3.05, 3.63) is 47.3 Å². The van der Waals surface area contributed by atoms with Crippen LogP contribution in [0.2, 0.25) is 0 Å². The summed E-state index contributed by atoms with van der Waals surface area (Å²) in [6, 6.07) is 8.99. The van der Waals surface area contributed by atoms with E-state index >= 15 is 0 Å². The maximum atomic E-state index is 11.9. The molecule has 1 aromatic carbocycles. The maximum absolute atomic E-state index is 11.9. The second-order valence-corrected chi connectivity index (χ2v) is 5.53. The van der Waals surface area contributed by atoms with E-state index in [-0.39, 0.29) is 18.1 Å². The summed E-state index contributed by atoms with van der Waals surface area (Å²) >= 11 is 0. The summed E-state index contributed by atoms with van der Waals surface area (Å²) in [5.74, 6) is 0.958. The average Bonchev–Trinajstić information content (AvgIpc) is 2.92. The Labute approximate surface area is 129 Å². The molecule has 118 valence electrons. The van der Waals surface area contributed by atoms with E-state index in [9.17, 15) is 9.90 Å². The number of nitrogens with one attached hydrogen (secondary N) is 1. The minimum Gasteiger partial charge on any atom is -0.497 e. The number of hydrogen-bond acceptors (Lipinski definition) is 5. The van der Waals surface area contributed by atoms with E-state index in [4.69, 9.17) is 9.26 Å². The number of carbonyl (C=O) groups is 1. The SMILES string of the molecule is COc1ccc(CC(C)(O)CNC(=O)c2cc(C)on2)cc1. The number of methoxy groups -OCH3 is 1. The average molecular weight is 304 g/mol. The summed E-state index contributed by atoms with van der Waals surface area (Å²) in [4.78, 5) is 11.9. The van der Waals surface area contributed by atoms with E-state index in [1.807, 2.05) is 24.3 Å². The standard InChI is InChI=1S/C16H20N2O4/c1-11-8-14(18-22-11)15(19)17-10-16(2,20)9-12-4-6-13(21-3)7-5-12/h4-8,20H,9-10H2,1-3H3,(H,17,19). The number of hydrogen-bond donors (Lipinski definition) is 2. The van der Waals surface area contributed by atoms with Gasteiger partial charge in [0.25, 0.3) is 5.91 Å². The highest BCUT2D eigenvalue weighted by atomic mass is 16.5. The fourth-order valence-corrected chi connectivity index (χ4v) is 2.08. The highest BCUT2D eigenvalue weighted by molar-refractivity contribution is 5.92. The van der Waals surface area contributed by atoms with E-state index in [0.717, 1.165) is 11.3 Å². The van der Waals surface area contributed by atoms with Gasteiger partial charge in [-0.25, -0.2) is 0 Å². The molecule has 2 aromatic rings. The maximum Gasteiger partial charge on any atom is 0.273 e. The molecule has 0 radical (unpaired) electrons. The highest BCUT2D eigenvalue weighted by Gasteiger charge is 2.23. The number of aromatic nitrogens is 1. The summed E-state index contributed by atoms with van der Waals surface area (Å²) in [5, 5.41) is 16.7. The van der Waals surface area contributed by atoms with Gasteiger partial charge in [-0.15, -0.1) is 0 Å². The molecule has 0 saturated heterocycles. The van der Waals surface area contributed by atoms with E-state index in [0.29, 0.717) is 12.2 Å². The molecule has 2 N–H and O–H groups in total. The van der Waals surface area contributed by atoms with Gasteiger partial charge in [0.2, 0.25) is 0 Å². The number of nitrogens with zero attached hydrogens (tertiary/aromatic N) is 1. The van der Waals surface area contributed by atoms with Crippen molar-refractivity contribution in [2.75, 3.05) is 13.7 Å². The van der Waals surface area contributed by atoms with Gasteiger partial charge in [-0.1, -0.05) is 17.3 Å². The second-order valence-electron chi connectivity index (χ2n) is 5.53. The van der Waals surface area contributed by atoms with Crippen molar-refractivity contribution in [1.29, 1.82) is 0 Å². The van der Waals surface area contributed by atoms with Crippen molar-refractivity contribution >= 4 is 5.91 Å². The van der Waals surface area contributed by atoms with Crippen LogP contribution in [0.15, 0.2) is 34.9 Å². The number of benzene rings is 1. The van der Waals surface area contributed by atoms with Gasteiger partial charge in [-0.3, -0.25) is 4.79 Å². The molecule has 1 atom stereocenters. The molecule has 22 heavy (non-hydrogen) atoms. The minimum absolute atomic E-state index is 0.115. The van der Waals surface area contributed by atoms with Gasteiger partial charge in [-0.2, -0.15) is 0 Å². The predicted molar refractivity (Wildman–Crippen MR) is 80.9 cm³/mol. The molecule has 0 aliphatic heterocycles. The topological polar surface area (TPSA) is 84.6 Å². The first kappa shape index (κ1) is 16.0. The van der Waals surface area contributed by atoms with Gasteiger partial charge in [-0.05, 0) is 31.5 Å². The van der Waals surface area contributed by atoms with E-state index in [1.165, 1.54) is 0 Å². The Morgan fingerprint density at radius 1 is 1.41 bits per heavy atom. The zero-order valence-electron chi connectivity index (χ0n) is 12.9. The van der Waals surface area contributed by atoms with Crippen molar-refractivity contribution in [1.82, 2.24) is 10.5 Å². The van der Waals surface area contributed by atoms with Crippen molar-refractivity contribution in [2.45, 2.75) is 25.9 Å². The number of carbonyl (C=O) groups excluding carboxylic acids is 1. The van der Waals surface area contributed by atoms with E-state index < -0.39 is 5.60 Å². The summed E-state index contributed by atoms with van der Waals surface area (Å²) in [6.45, 7) is 3.50. The third kappa shape index (κ3) is 4.33. The molecular weight excluding hydrogens is 284 g/mol. The lowest BCUT2D eigenvalue weighted by Crippen LogP contribution is -2.42. The fraction of sp³-hybridized carbons (Fsp3) is 0.375. The quantitative estimate of drug-likeness (QED) is 0.849. The Bertz CT molecular complexity index is 632. The van der Waals surface area contributed by atoms with Crippen LogP contribution in [0.25, 0.3) is 0 Å².